The van der Waals surface area contributed by atoms with Gasteiger partial charge in [0.05, 0.1) is 18.0 Å². The number of hydrogen-bond acceptors (Lipinski definition) is 4. The molecule has 4 nitrogen and oxygen atoms in total. The number of anilines is 1. The van der Waals surface area contributed by atoms with E-state index in [0.717, 1.165) is 20.7 Å². The highest BCUT2D eigenvalue weighted by Crippen LogP contribution is 2.17. The Balaban J connectivity index is 2.01. The molecule has 2 rings (SSSR count). The normalized spacial score (nSPS) is 10.5. The van der Waals surface area contributed by atoms with Crippen molar-refractivity contribution < 1.29 is 4.79 Å². The highest BCUT2D eigenvalue weighted by atomic mass is 79.9. The third-order valence-corrected chi connectivity index (χ3v) is 3.96. The van der Waals surface area contributed by atoms with Crippen molar-refractivity contribution in [3.8, 4) is 0 Å². The van der Waals surface area contributed by atoms with Crippen LogP contribution >= 0.6 is 38.9 Å². The first-order chi connectivity index (χ1) is 9.08. The van der Waals surface area contributed by atoms with Gasteiger partial charge in [0.15, 0.2) is 0 Å². The average molecular weight is 361 g/mol. The lowest BCUT2D eigenvalue weighted by Crippen LogP contribution is -2.16. The minimum atomic E-state index is -0.131. The second-order valence-electron chi connectivity index (χ2n) is 3.91. The monoisotopic (exact) mass is 359 g/mol. The van der Waals surface area contributed by atoms with Gasteiger partial charge in [0.1, 0.15) is 10.8 Å². The van der Waals surface area contributed by atoms with Crippen molar-refractivity contribution in [2.75, 3.05) is 5.32 Å². The van der Waals surface area contributed by atoms with Crippen molar-refractivity contribution in [3.05, 3.63) is 38.4 Å². The summed E-state index contributed by atoms with van der Waals surface area (Å²) >= 11 is 10.4. The highest BCUT2D eigenvalue weighted by molar-refractivity contribution is 9.10. The minimum absolute atomic E-state index is 0.131. The molecule has 0 aliphatic heterocycles. The molecule has 0 aromatic carbocycles. The summed E-state index contributed by atoms with van der Waals surface area (Å²) in [6, 6.07) is 1.90. The molecule has 0 aliphatic rings. The van der Waals surface area contributed by atoms with E-state index in [0.29, 0.717) is 11.7 Å². The maximum atomic E-state index is 11.9. The van der Waals surface area contributed by atoms with E-state index < -0.39 is 0 Å². The van der Waals surface area contributed by atoms with Crippen LogP contribution in [-0.4, -0.2) is 15.9 Å². The van der Waals surface area contributed by atoms with Gasteiger partial charge in [0, 0.05) is 16.0 Å². The molecule has 0 atom stereocenters. The number of thiazole rings is 1. The standard InChI is InChI=1S/C12H11BrClN3OS/c1-7-2-8(13)5-15-12(7)17-10(18)3-11-16-9(4-14)6-19-11/h2,5-6H,3-4H2,1H3,(H,15,17,18). The fourth-order valence-corrected chi connectivity index (χ4v) is 2.94. The lowest BCUT2D eigenvalue weighted by molar-refractivity contribution is -0.115. The number of amides is 1. The van der Waals surface area contributed by atoms with Crippen LogP contribution in [0.1, 0.15) is 16.3 Å². The van der Waals surface area contributed by atoms with Gasteiger partial charge in [-0.3, -0.25) is 4.79 Å². The highest BCUT2D eigenvalue weighted by Gasteiger charge is 2.10. The molecule has 0 aliphatic carbocycles. The molecular weight excluding hydrogens is 350 g/mol. The van der Waals surface area contributed by atoms with Gasteiger partial charge < -0.3 is 5.32 Å². The predicted molar refractivity (Wildman–Crippen MR) is 80.7 cm³/mol. The quantitative estimate of drug-likeness (QED) is 0.849. The summed E-state index contributed by atoms with van der Waals surface area (Å²) in [6.07, 6.45) is 1.89. The number of pyridine rings is 1. The molecule has 1 amide bonds. The lowest BCUT2D eigenvalue weighted by atomic mass is 10.3. The molecule has 2 heterocycles. The summed E-state index contributed by atoms with van der Waals surface area (Å²) in [5, 5.41) is 5.39. The van der Waals surface area contributed by atoms with E-state index in [4.69, 9.17) is 11.6 Å². The van der Waals surface area contributed by atoms with Crippen LogP contribution in [-0.2, 0) is 17.1 Å². The van der Waals surface area contributed by atoms with Crippen molar-refractivity contribution in [3.63, 3.8) is 0 Å². The van der Waals surface area contributed by atoms with Gasteiger partial charge in [-0.2, -0.15) is 0 Å². The van der Waals surface area contributed by atoms with Gasteiger partial charge in [-0.05, 0) is 34.5 Å². The maximum absolute atomic E-state index is 11.9. The van der Waals surface area contributed by atoms with E-state index in [2.05, 4.69) is 31.2 Å². The summed E-state index contributed by atoms with van der Waals surface area (Å²) in [7, 11) is 0. The smallest absolute Gasteiger partial charge is 0.232 e. The van der Waals surface area contributed by atoms with Gasteiger partial charge >= 0.3 is 0 Å². The second-order valence-corrected chi connectivity index (χ2v) is 6.04. The Kier molecular flexibility index (Phi) is 4.90. The molecule has 2 aromatic heterocycles. The summed E-state index contributed by atoms with van der Waals surface area (Å²) in [4.78, 5) is 20.3. The third-order valence-electron chi connectivity index (χ3n) is 2.35. The molecule has 19 heavy (non-hydrogen) atoms. The number of nitrogens with one attached hydrogen (secondary N) is 1. The Hall–Kier alpha value is -0.980. The Labute approximate surface area is 128 Å². The van der Waals surface area contributed by atoms with E-state index in [1.165, 1.54) is 11.3 Å². The van der Waals surface area contributed by atoms with E-state index in [9.17, 15) is 4.79 Å². The second kappa shape index (κ2) is 6.45. The first kappa shape index (κ1) is 14.4. The van der Waals surface area contributed by atoms with Gasteiger partial charge in [-0.1, -0.05) is 0 Å². The van der Waals surface area contributed by atoms with Crippen LogP contribution < -0.4 is 5.32 Å². The first-order valence-corrected chi connectivity index (χ1v) is 7.70. The Morgan fingerprint density at radius 3 is 3.00 bits per heavy atom. The topological polar surface area (TPSA) is 54.9 Å². The predicted octanol–water partition coefficient (Wildman–Crippen LogP) is 3.53. The molecule has 0 bridgehead atoms. The number of hydrogen-bond donors (Lipinski definition) is 1. The van der Waals surface area contributed by atoms with Gasteiger partial charge in [-0.15, -0.1) is 22.9 Å². The number of carbonyl (C=O) groups is 1. The average Bonchev–Trinajstić information content (AvgIpc) is 2.80. The zero-order valence-electron chi connectivity index (χ0n) is 10.1. The molecule has 2 aromatic rings. The van der Waals surface area contributed by atoms with Crippen LogP contribution in [0.5, 0.6) is 0 Å². The number of aryl methyl sites for hydroxylation is 1. The van der Waals surface area contributed by atoms with Crippen molar-refractivity contribution in [1.82, 2.24) is 9.97 Å². The van der Waals surface area contributed by atoms with E-state index >= 15 is 0 Å². The fraction of sp³-hybridized carbons (Fsp3) is 0.250. The van der Waals surface area contributed by atoms with Crippen LogP contribution in [0.15, 0.2) is 22.1 Å². The minimum Gasteiger partial charge on any atom is -0.310 e. The molecule has 0 saturated heterocycles. The van der Waals surface area contributed by atoms with Crippen LogP contribution in [0.3, 0.4) is 0 Å². The maximum Gasteiger partial charge on any atom is 0.232 e. The fourth-order valence-electron chi connectivity index (χ4n) is 1.48. The number of rotatable bonds is 4. The van der Waals surface area contributed by atoms with E-state index in [-0.39, 0.29) is 12.3 Å². The molecule has 1 N–H and O–H groups in total. The number of aromatic nitrogens is 2. The van der Waals surface area contributed by atoms with Crippen molar-refractivity contribution in [1.29, 1.82) is 0 Å². The van der Waals surface area contributed by atoms with E-state index in [1.807, 2.05) is 18.4 Å². The van der Waals surface area contributed by atoms with Gasteiger partial charge in [0.25, 0.3) is 0 Å². The molecular formula is C12H11BrClN3OS. The number of halogens is 2. The van der Waals surface area contributed by atoms with Crippen LogP contribution in [0.25, 0.3) is 0 Å². The Bertz CT molecular complexity index is 602. The number of alkyl halides is 1. The lowest BCUT2D eigenvalue weighted by Gasteiger charge is -2.06. The van der Waals surface area contributed by atoms with Gasteiger partial charge in [-0.25, -0.2) is 9.97 Å². The van der Waals surface area contributed by atoms with Crippen LogP contribution in [0.2, 0.25) is 0 Å². The SMILES string of the molecule is Cc1cc(Br)cnc1NC(=O)Cc1nc(CCl)cs1. The summed E-state index contributed by atoms with van der Waals surface area (Å²) in [5.74, 6) is 0.807. The third kappa shape index (κ3) is 3.99. The molecule has 0 fully saturated rings. The number of nitrogens with zero attached hydrogens (tertiary/aromatic N) is 2. The molecule has 0 radical (unpaired) electrons. The van der Waals surface area contributed by atoms with Crippen LogP contribution in [0.4, 0.5) is 5.82 Å². The Morgan fingerprint density at radius 2 is 2.37 bits per heavy atom. The Morgan fingerprint density at radius 1 is 1.58 bits per heavy atom. The molecule has 7 heteroatoms. The van der Waals surface area contributed by atoms with E-state index in [1.54, 1.807) is 6.20 Å². The zero-order chi connectivity index (χ0) is 13.8. The number of carbonyl (C=O) groups excluding carboxylic acids is 1. The summed E-state index contributed by atoms with van der Waals surface area (Å²) < 4.78 is 0.884. The largest absolute Gasteiger partial charge is 0.310 e. The molecule has 100 valence electrons. The molecule has 0 spiro atoms. The first-order valence-electron chi connectivity index (χ1n) is 5.49. The van der Waals surface area contributed by atoms with Crippen molar-refractivity contribution >= 4 is 50.6 Å². The summed E-state index contributed by atoms with van der Waals surface area (Å²) in [6.45, 7) is 1.89. The molecule has 0 saturated carbocycles. The van der Waals surface area contributed by atoms with Crippen LogP contribution in [0, 0.1) is 6.92 Å². The van der Waals surface area contributed by atoms with Crippen molar-refractivity contribution in [2.24, 2.45) is 0 Å². The van der Waals surface area contributed by atoms with Gasteiger partial charge in [0.2, 0.25) is 5.91 Å². The zero-order valence-corrected chi connectivity index (χ0v) is 13.3. The summed E-state index contributed by atoms with van der Waals surface area (Å²) in [5.41, 5.74) is 1.70. The van der Waals surface area contributed by atoms with Crippen molar-refractivity contribution in [2.45, 2.75) is 19.2 Å². The molecule has 0 unspecified atom stereocenters.